The minimum Gasteiger partial charge on any atom is -0.325 e. The quantitative estimate of drug-likeness (QED) is 0.673. The Labute approximate surface area is 157 Å². The van der Waals surface area contributed by atoms with Crippen LogP contribution in [0.1, 0.15) is 18.3 Å². The summed E-state index contributed by atoms with van der Waals surface area (Å²) in [4.78, 5) is 16.6. The number of thioether (sulfide) groups is 1. The van der Waals surface area contributed by atoms with Gasteiger partial charge < -0.3 is 9.88 Å². The maximum Gasteiger partial charge on any atom is 0.234 e. The van der Waals surface area contributed by atoms with Crippen molar-refractivity contribution < 1.29 is 4.79 Å². The summed E-state index contributed by atoms with van der Waals surface area (Å²) in [6, 6.07) is 13.4. The first-order chi connectivity index (χ1) is 12.6. The van der Waals surface area contributed by atoms with Crippen molar-refractivity contribution in [3.8, 4) is 11.4 Å². The van der Waals surface area contributed by atoms with Gasteiger partial charge in [0.15, 0.2) is 11.0 Å². The van der Waals surface area contributed by atoms with Crippen LogP contribution in [0.5, 0.6) is 0 Å². The minimum absolute atomic E-state index is 0.0657. The number of nitrogens with one attached hydrogen (secondary N) is 1. The molecule has 0 fully saturated rings. The highest BCUT2D eigenvalue weighted by atomic mass is 32.2. The Balaban J connectivity index is 1.73. The standard InChI is InChI=1S/C19H21N5OS/c1-4-24-18(15-10-13(2)20-14(3)11-15)22-23-19(24)26-12-17(25)21-16-8-6-5-7-9-16/h5-11H,4,12H2,1-3H3,(H,21,25). The van der Waals surface area contributed by atoms with Crippen LogP contribution in [-0.4, -0.2) is 31.4 Å². The predicted molar refractivity (Wildman–Crippen MR) is 104 cm³/mol. The van der Waals surface area contributed by atoms with Crippen molar-refractivity contribution in [1.29, 1.82) is 0 Å². The van der Waals surface area contributed by atoms with E-state index in [0.717, 1.165) is 40.2 Å². The molecule has 0 saturated carbocycles. The molecule has 7 heteroatoms. The molecule has 0 saturated heterocycles. The van der Waals surface area contributed by atoms with Gasteiger partial charge in [-0.1, -0.05) is 30.0 Å². The Kier molecular flexibility index (Phi) is 5.68. The third-order valence-electron chi connectivity index (χ3n) is 3.76. The average Bonchev–Trinajstić information content (AvgIpc) is 3.03. The fourth-order valence-corrected chi connectivity index (χ4v) is 3.51. The van der Waals surface area contributed by atoms with Crippen molar-refractivity contribution in [2.75, 3.05) is 11.1 Å². The molecule has 134 valence electrons. The van der Waals surface area contributed by atoms with Crippen LogP contribution in [0.4, 0.5) is 5.69 Å². The van der Waals surface area contributed by atoms with Crippen LogP contribution in [0.25, 0.3) is 11.4 Å². The van der Waals surface area contributed by atoms with E-state index in [0.29, 0.717) is 0 Å². The van der Waals surface area contributed by atoms with E-state index in [-0.39, 0.29) is 11.7 Å². The molecule has 0 aliphatic carbocycles. The van der Waals surface area contributed by atoms with Gasteiger partial charge in [-0.2, -0.15) is 0 Å². The highest BCUT2D eigenvalue weighted by molar-refractivity contribution is 7.99. The second kappa shape index (κ2) is 8.14. The number of hydrogen-bond acceptors (Lipinski definition) is 5. The summed E-state index contributed by atoms with van der Waals surface area (Å²) in [5.41, 5.74) is 3.67. The van der Waals surface area contributed by atoms with E-state index in [4.69, 9.17) is 0 Å². The Morgan fingerprint density at radius 3 is 2.46 bits per heavy atom. The van der Waals surface area contributed by atoms with Crippen LogP contribution in [0, 0.1) is 13.8 Å². The molecule has 0 radical (unpaired) electrons. The highest BCUT2D eigenvalue weighted by Crippen LogP contribution is 2.25. The lowest BCUT2D eigenvalue weighted by atomic mass is 10.2. The molecule has 2 heterocycles. The summed E-state index contributed by atoms with van der Waals surface area (Å²) < 4.78 is 2.02. The first-order valence-electron chi connectivity index (χ1n) is 8.43. The first kappa shape index (κ1) is 18.1. The van der Waals surface area contributed by atoms with Crippen LogP contribution in [-0.2, 0) is 11.3 Å². The van der Waals surface area contributed by atoms with Crippen molar-refractivity contribution >= 4 is 23.4 Å². The molecule has 3 rings (SSSR count). The SMILES string of the molecule is CCn1c(SCC(=O)Nc2ccccc2)nnc1-c1cc(C)nc(C)c1. The summed E-state index contributed by atoms with van der Waals surface area (Å²) in [6.45, 7) is 6.70. The molecule has 3 aromatic rings. The molecule has 6 nitrogen and oxygen atoms in total. The lowest BCUT2D eigenvalue weighted by Gasteiger charge is -2.09. The topological polar surface area (TPSA) is 72.7 Å². The van der Waals surface area contributed by atoms with Gasteiger partial charge in [-0.25, -0.2) is 0 Å². The molecule has 0 bridgehead atoms. The molecule has 0 aliphatic rings. The van der Waals surface area contributed by atoms with Crippen molar-refractivity contribution in [2.45, 2.75) is 32.5 Å². The van der Waals surface area contributed by atoms with Crippen molar-refractivity contribution in [1.82, 2.24) is 19.7 Å². The Morgan fingerprint density at radius 1 is 1.12 bits per heavy atom. The predicted octanol–water partition coefficient (Wildman–Crippen LogP) is 3.71. The Hall–Kier alpha value is -2.67. The monoisotopic (exact) mass is 367 g/mol. The lowest BCUT2D eigenvalue weighted by molar-refractivity contribution is -0.113. The molecule has 26 heavy (non-hydrogen) atoms. The summed E-state index contributed by atoms with van der Waals surface area (Å²) in [5.74, 6) is 1.01. The summed E-state index contributed by atoms with van der Waals surface area (Å²) in [5, 5.41) is 12.2. The van der Waals surface area contributed by atoms with Gasteiger partial charge in [0.2, 0.25) is 5.91 Å². The highest BCUT2D eigenvalue weighted by Gasteiger charge is 2.15. The van der Waals surface area contributed by atoms with Crippen molar-refractivity contribution in [3.63, 3.8) is 0 Å². The van der Waals surface area contributed by atoms with Crippen molar-refractivity contribution in [3.05, 3.63) is 53.9 Å². The molecule has 1 N–H and O–H groups in total. The fraction of sp³-hybridized carbons (Fsp3) is 0.263. The molecular weight excluding hydrogens is 346 g/mol. The number of aromatic nitrogens is 4. The number of rotatable bonds is 6. The molecule has 0 atom stereocenters. The number of benzene rings is 1. The van der Waals surface area contributed by atoms with E-state index < -0.39 is 0 Å². The summed E-state index contributed by atoms with van der Waals surface area (Å²) in [6.07, 6.45) is 0. The van der Waals surface area contributed by atoms with Crippen molar-refractivity contribution in [2.24, 2.45) is 0 Å². The number of nitrogens with zero attached hydrogens (tertiary/aromatic N) is 4. The second-order valence-electron chi connectivity index (χ2n) is 5.89. The molecule has 0 unspecified atom stereocenters. The van der Waals surface area contributed by atoms with Gasteiger partial charge in [0.05, 0.1) is 5.75 Å². The number of aryl methyl sites for hydroxylation is 2. The van der Waals surface area contributed by atoms with Gasteiger partial charge in [-0.3, -0.25) is 9.78 Å². The molecule has 0 spiro atoms. The fourth-order valence-electron chi connectivity index (χ4n) is 2.71. The smallest absolute Gasteiger partial charge is 0.234 e. The average molecular weight is 367 g/mol. The number of carbonyl (C=O) groups excluding carboxylic acids is 1. The minimum atomic E-state index is -0.0657. The van der Waals surface area contributed by atoms with Crippen LogP contribution >= 0.6 is 11.8 Å². The van der Waals surface area contributed by atoms with Gasteiger partial charge >= 0.3 is 0 Å². The number of pyridine rings is 1. The molecule has 0 aliphatic heterocycles. The second-order valence-corrected chi connectivity index (χ2v) is 6.83. The number of amides is 1. The third kappa shape index (κ3) is 4.29. The number of hydrogen-bond donors (Lipinski definition) is 1. The van der Waals surface area contributed by atoms with Crippen LogP contribution < -0.4 is 5.32 Å². The maximum atomic E-state index is 12.2. The van der Waals surface area contributed by atoms with Gasteiger partial charge in [0.25, 0.3) is 0 Å². The zero-order valence-corrected chi connectivity index (χ0v) is 15.9. The Bertz CT molecular complexity index is 887. The van der Waals surface area contributed by atoms with Crippen LogP contribution in [0.2, 0.25) is 0 Å². The van der Waals surface area contributed by atoms with E-state index in [1.54, 1.807) is 0 Å². The van der Waals surface area contributed by atoms with Crippen LogP contribution in [0.15, 0.2) is 47.6 Å². The van der Waals surface area contributed by atoms with E-state index in [1.807, 2.05) is 67.8 Å². The maximum absolute atomic E-state index is 12.2. The van der Waals surface area contributed by atoms with Gasteiger partial charge in [0, 0.05) is 29.2 Å². The van der Waals surface area contributed by atoms with Gasteiger partial charge in [-0.05, 0) is 45.0 Å². The van der Waals surface area contributed by atoms with E-state index in [9.17, 15) is 4.79 Å². The number of carbonyl (C=O) groups is 1. The van der Waals surface area contributed by atoms with Crippen LogP contribution in [0.3, 0.4) is 0 Å². The molecule has 2 aromatic heterocycles. The van der Waals surface area contributed by atoms with E-state index >= 15 is 0 Å². The zero-order chi connectivity index (χ0) is 18.5. The normalized spacial score (nSPS) is 10.7. The largest absolute Gasteiger partial charge is 0.325 e. The zero-order valence-electron chi connectivity index (χ0n) is 15.1. The van der Waals surface area contributed by atoms with E-state index in [1.165, 1.54) is 11.8 Å². The number of para-hydroxylation sites is 1. The Morgan fingerprint density at radius 2 is 1.81 bits per heavy atom. The summed E-state index contributed by atoms with van der Waals surface area (Å²) in [7, 11) is 0. The third-order valence-corrected chi connectivity index (χ3v) is 4.73. The molecular formula is C19H21N5OS. The number of anilines is 1. The van der Waals surface area contributed by atoms with E-state index in [2.05, 4.69) is 20.5 Å². The van der Waals surface area contributed by atoms with Gasteiger partial charge in [-0.15, -0.1) is 10.2 Å². The first-order valence-corrected chi connectivity index (χ1v) is 9.42. The summed E-state index contributed by atoms with van der Waals surface area (Å²) >= 11 is 1.38. The van der Waals surface area contributed by atoms with Gasteiger partial charge in [0.1, 0.15) is 0 Å². The molecule has 1 aromatic carbocycles. The lowest BCUT2D eigenvalue weighted by Crippen LogP contribution is -2.14. The molecule has 1 amide bonds.